The van der Waals surface area contributed by atoms with Gasteiger partial charge in [-0.15, -0.1) is 0 Å². The third kappa shape index (κ3) is 5.63. The summed E-state index contributed by atoms with van der Waals surface area (Å²) in [6.07, 6.45) is 3.06. The minimum atomic E-state index is 0.760. The molecule has 0 aromatic heterocycles. The van der Waals surface area contributed by atoms with Crippen molar-refractivity contribution in [3.63, 3.8) is 0 Å². The van der Waals surface area contributed by atoms with Crippen LogP contribution in [0.4, 0.5) is 0 Å². The lowest BCUT2D eigenvalue weighted by Gasteiger charge is -1.93. The topological polar surface area (TPSA) is 29.1 Å². The molecule has 0 aromatic carbocycles. The summed E-state index contributed by atoms with van der Waals surface area (Å²) < 4.78 is 0. The Morgan fingerprint density at radius 3 is 2.88 bits per heavy atom. The molecule has 2 heteroatoms. The number of carbonyl (C=O) groups is 1. The molecule has 0 rings (SSSR count). The van der Waals surface area contributed by atoms with E-state index < -0.39 is 0 Å². The lowest BCUT2D eigenvalue weighted by Crippen LogP contribution is -2.11. The highest BCUT2D eigenvalue weighted by Gasteiger charge is 1.81. The fourth-order valence-corrected chi connectivity index (χ4v) is 0.410. The SMILES string of the molecule is CCCCN[CH]C=O. The zero-order valence-electron chi connectivity index (χ0n) is 5.18. The summed E-state index contributed by atoms with van der Waals surface area (Å²) >= 11 is 0. The number of aldehydes is 1. The van der Waals surface area contributed by atoms with Crippen LogP contribution >= 0.6 is 0 Å². The number of unbranched alkanes of at least 4 members (excludes halogenated alkanes) is 1. The Balaban J connectivity index is 2.62. The first kappa shape index (κ1) is 7.63. The summed E-state index contributed by atoms with van der Waals surface area (Å²) in [5, 5.41) is 2.84. The van der Waals surface area contributed by atoms with Crippen molar-refractivity contribution in [2.24, 2.45) is 0 Å². The van der Waals surface area contributed by atoms with Gasteiger partial charge in [-0.1, -0.05) is 13.3 Å². The van der Waals surface area contributed by atoms with Gasteiger partial charge in [0.25, 0.3) is 0 Å². The van der Waals surface area contributed by atoms with E-state index >= 15 is 0 Å². The van der Waals surface area contributed by atoms with Crippen molar-refractivity contribution in [2.75, 3.05) is 6.54 Å². The second kappa shape index (κ2) is 6.63. The summed E-state index contributed by atoms with van der Waals surface area (Å²) in [5.41, 5.74) is 0. The Hall–Kier alpha value is -0.370. The summed E-state index contributed by atoms with van der Waals surface area (Å²) in [6.45, 7) is 4.45. The molecule has 0 aliphatic heterocycles. The number of nitrogens with one attached hydrogen (secondary N) is 1. The van der Waals surface area contributed by atoms with Gasteiger partial charge >= 0.3 is 0 Å². The lowest BCUT2D eigenvalue weighted by molar-refractivity contribution is -0.105. The van der Waals surface area contributed by atoms with Gasteiger partial charge in [0.05, 0.1) is 6.54 Å². The molecule has 2 nitrogen and oxygen atoms in total. The van der Waals surface area contributed by atoms with Crippen LogP contribution in [0.1, 0.15) is 19.8 Å². The third-order valence-electron chi connectivity index (χ3n) is 0.861. The van der Waals surface area contributed by atoms with E-state index in [9.17, 15) is 4.79 Å². The van der Waals surface area contributed by atoms with E-state index in [1.807, 2.05) is 0 Å². The zero-order chi connectivity index (χ0) is 6.24. The molecule has 8 heavy (non-hydrogen) atoms. The average molecular weight is 114 g/mol. The Kier molecular flexibility index (Phi) is 6.32. The molecule has 1 radical (unpaired) electrons. The van der Waals surface area contributed by atoms with Crippen LogP contribution in [-0.2, 0) is 4.79 Å². The summed E-state index contributed by atoms with van der Waals surface area (Å²) in [5.74, 6) is 0. The van der Waals surface area contributed by atoms with Crippen molar-refractivity contribution in [1.82, 2.24) is 5.32 Å². The highest BCUT2D eigenvalue weighted by atomic mass is 16.1. The molecule has 0 saturated heterocycles. The van der Waals surface area contributed by atoms with Gasteiger partial charge in [-0.05, 0) is 13.0 Å². The maximum absolute atomic E-state index is 9.65. The van der Waals surface area contributed by atoms with Crippen LogP contribution in [0.15, 0.2) is 0 Å². The van der Waals surface area contributed by atoms with Crippen LogP contribution in [0.5, 0.6) is 0 Å². The van der Waals surface area contributed by atoms with Gasteiger partial charge in [0.2, 0.25) is 0 Å². The Morgan fingerprint density at radius 1 is 1.62 bits per heavy atom. The van der Waals surface area contributed by atoms with Crippen LogP contribution in [-0.4, -0.2) is 12.8 Å². The number of rotatable bonds is 5. The highest BCUT2D eigenvalue weighted by molar-refractivity contribution is 5.59. The Morgan fingerprint density at radius 2 is 2.38 bits per heavy atom. The Bertz CT molecular complexity index is 54.5. The average Bonchev–Trinajstić information content (AvgIpc) is 1.81. The first-order valence-corrected chi connectivity index (χ1v) is 2.92. The highest BCUT2D eigenvalue weighted by Crippen LogP contribution is 1.81. The molecular weight excluding hydrogens is 102 g/mol. The second-order valence-corrected chi connectivity index (χ2v) is 1.61. The van der Waals surface area contributed by atoms with Crippen LogP contribution in [0.3, 0.4) is 0 Å². The molecule has 0 aliphatic carbocycles. The first-order chi connectivity index (χ1) is 3.91. The van der Waals surface area contributed by atoms with Crippen LogP contribution in [0.2, 0.25) is 0 Å². The largest absolute Gasteiger partial charge is 0.306 e. The van der Waals surface area contributed by atoms with E-state index in [0.29, 0.717) is 0 Å². The van der Waals surface area contributed by atoms with E-state index in [1.54, 1.807) is 0 Å². The molecule has 0 saturated carbocycles. The van der Waals surface area contributed by atoms with Gasteiger partial charge in [0.1, 0.15) is 6.29 Å². The predicted molar refractivity (Wildman–Crippen MR) is 33.3 cm³/mol. The van der Waals surface area contributed by atoms with Crippen LogP contribution in [0.25, 0.3) is 0 Å². The van der Waals surface area contributed by atoms with Crippen molar-refractivity contribution in [3.05, 3.63) is 6.54 Å². The summed E-state index contributed by atoms with van der Waals surface area (Å²) in [6, 6.07) is 0. The molecule has 1 N–H and O–H groups in total. The second-order valence-electron chi connectivity index (χ2n) is 1.61. The quantitative estimate of drug-likeness (QED) is 0.422. The van der Waals surface area contributed by atoms with Crippen molar-refractivity contribution in [2.45, 2.75) is 19.8 Å². The van der Waals surface area contributed by atoms with Crippen molar-refractivity contribution in [3.8, 4) is 0 Å². The molecule has 0 amide bonds. The normalized spacial score (nSPS) is 9.12. The zero-order valence-corrected chi connectivity index (χ0v) is 5.18. The lowest BCUT2D eigenvalue weighted by atomic mass is 10.3. The first-order valence-electron chi connectivity index (χ1n) is 2.92. The van der Waals surface area contributed by atoms with Gasteiger partial charge in [0, 0.05) is 0 Å². The fraction of sp³-hybridized carbons (Fsp3) is 0.667. The van der Waals surface area contributed by atoms with Gasteiger partial charge in [0.15, 0.2) is 0 Å². The number of carbonyl (C=O) groups excluding carboxylic acids is 1. The third-order valence-corrected chi connectivity index (χ3v) is 0.861. The Labute approximate surface area is 50.3 Å². The number of hydrogen-bond donors (Lipinski definition) is 1. The molecule has 0 heterocycles. The van der Waals surface area contributed by atoms with Gasteiger partial charge in [-0.2, -0.15) is 0 Å². The van der Waals surface area contributed by atoms with Gasteiger partial charge in [-0.25, -0.2) is 0 Å². The van der Waals surface area contributed by atoms with Crippen LogP contribution in [0, 0.1) is 6.54 Å². The summed E-state index contributed by atoms with van der Waals surface area (Å²) in [7, 11) is 0. The maximum Gasteiger partial charge on any atom is 0.138 e. The monoisotopic (exact) mass is 114 g/mol. The van der Waals surface area contributed by atoms with Gasteiger partial charge < -0.3 is 10.1 Å². The van der Waals surface area contributed by atoms with E-state index in [2.05, 4.69) is 12.2 Å². The maximum atomic E-state index is 9.65. The molecule has 0 fully saturated rings. The van der Waals surface area contributed by atoms with Crippen molar-refractivity contribution in [1.29, 1.82) is 0 Å². The molecule has 0 unspecified atom stereocenters. The van der Waals surface area contributed by atoms with E-state index in [-0.39, 0.29) is 0 Å². The minimum absolute atomic E-state index is 0.760. The van der Waals surface area contributed by atoms with E-state index in [0.717, 1.165) is 19.3 Å². The molecule has 0 aliphatic rings. The molecular formula is C6H12NO. The molecule has 0 bridgehead atoms. The smallest absolute Gasteiger partial charge is 0.138 e. The number of hydrogen-bond acceptors (Lipinski definition) is 2. The molecule has 0 aromatic rings. The standard InChI is InChI=1S/C6H12NO/c1-2-3-4-7-5-6-8/h5-7H,2-4H2,1H3. The van der Waals surface area contributed by atoms with E-state index in [4.69, 9.17) is 0 Å². The molecule has 47 valence electrons. The van der Waals surface area contributed by atoms with Crippen molar-refractivity contribution < 1.29 is 4.79 Å². The molecule has 0 atom stereocenters. The predicted octanol–water partition coefficient (Wildman–Crippen LogP) is 0.737. The van der Waals surface area contributed by atoms with Gasteiger partial charge in [-0.3, -0.25) is 0 Å². The van der Waals surface area contributed by atoms with Crippen LogP contribution < -0.4 is 5.32 Å². The van der Waals surface area contributed by atoms with E-state index in [1.165, 1.54) is 13.0 Å². The van der Waals surface area contributed by atoms with Crippen molar-refractivity contribution >= 4 is 6.29 Å². The summed E-state index contributed by atoms with van der Waals surface area (Å²) in [4.78, 5) is 9.65. The minimum Gasteiger partial charge on any atom is -0.306 e. The molecule has 0 spiro atoms. The fourth-order valence-electron chi connectivity index (χ4n) is 0.410.